The number of hydrogen-bond donors (Lipinski definition) is 0. The van der Waals surface area contributed by atoms with E-state index in [2.05, 4.69) is 0 Å². The molecule has 22 heavy (non-hydrogen) atoms. The molecule has 4 heteroatoms. The predicted octanol–water partition coefficient (Wildman–Crippen LogP) is 3.43. The highest BCUT2D eigenvalue weighted by Crippen LogP contribution is 2.20. The molecule has 2 rings (SSSR count). The van der Waals surface area contributed by atoms with Crippen LogP contribution in [0, 0.1) is 6.92 Å². The molecule has 114 valence electrons. The van der Waals surface area contributed by atoms with Gasteiger partial charge in [0.2, 0.25) is 5.78 Å². The Morgan fingerprint density at radius 2 is 1.68 bits per heavy atom. The first-order valence-corrected chi connectivity index (χ1v) is 6.98. The van der Waals surface area contributed by atoms with Crippen molar-refractivity contribution < 1.29 is 19.1 Å². The van der Waals surface area contributed by atoms with Crippen molar-refractivity contribution in [2.24, 2.45) is 0 Å². The molecule has 0 amide bonds. The number of carbonyl (C=O) groups excluding carboxylic acids is 2. The number of methoxy groups -OCH3 is 1. The fourth-order valence-corrected chi connectivity index (χ4v) is 2.07. The molecule has 0 unspecified atom stereocenters. The van der Waals surface area contributed by atoms with E-state index >= 15 is 0 Å². The lowest BCUT2D eigenvalue weighted by molar-refractivity contribution is 0.0318. The van der Waals surface area contributed by atoms with Gasteiger partial charge in [0.15, 0.2) is 6.10 Å². The van der Waals surface area contributed by atoms with Crippen LogP contribution in [0.15, 0.2) is 48.5 Å². The van der Waals surface area contributed by atoms with Crippen molar-refractivity contribution in [2.45, 2.75) is 20.0 Å². The molecule has 0 spiro atoms. The Hall–Kier alpha value is -2.62. The lowest BCUT2D eigenvalue weighted by Crippen LogP contribution is -2.24. The molecule has 4 nitrogen and oxygen atoms in total. The smallest absolute Gasteiger partial charge is 0.338 e. The van der Waals surface area contributed by atoms with E-state index in [4.69, 9.17) is 9.47 Å². The fraction of sp³-hybridized carbons (Fsp3) is 0.222. The number of ether oxygens (including phenoxy) is 2. The molecule has 0 heterocycles. The van der Waals surface area contributed by atoms with Gasteiger partial charge in [-0.1, -0.05) is 36.4 Å². The maximum atomic E-state index is 12.2. The highest BCUT2D eigenvalue weighted by atomic mass is 16.5. The third-order valence-electron chi connectivity index (χ3n) is 3.36. The maximum absolute atomic E-state index is 12.2. The van der Waals surface area contributed by atoms with E-state index in [-0.39, 0.29) is 5.78 Å². The SMILES string of the molecule is COc1cc(C(=O)O[C@@H](C)C(=O)c2ccccc2)ccc1C. The van der Waals surface area contributed by atoms with Crippen LogP contribution >= 0.6 is 0 Å². The Balaban J connectivity index is 2.10. The van der Waals surface area contributed by atoms with E-state index in [0.717, 1.165) is 5.56 Å². The van der Waals surface area contributed by atoms with E-state index in [1.165, 1.54) is 0 Å². The quantitative estimate of drug-likeness (QED) is 0.627. The largest absolute Gasteiger partial charge is 0.496 e. The molecule has 0 saturated heterocycles. The van der Waals surface area contributed by atoms with Gasteiger partial charge in [-0.3, -0.25) is 4.79 Å². The van der Waals surface area contributed by atoms with Gasteiger partial charge in [0.05, 0.1) is 12.7 Å². The molecule has 0 saturated carbocycles. The maximum Gasteiger partial charge on any atom is 0.338 e. The van der Waals surface area contributed by atoms with E-state index in [0.29, 0.717) is 16.9 Å². The van der Waals surface area contributed by atoms with Crippen LogP contribution in [0.4, 0.5) is 0 Å². The summed E-state index contributed by atoms with van der Waals surface area (Å²) < 4.78 is 10.4. The summed E-state index contributed by atoms with van der Waals surface area (Å²) in [4.78, 5) is 24.3. The molecule has 0 aliphatic rings. The summed E-state index contributed by atoms with van der Waals surface area (Å²) in [6.07, 6.45) is -0.845. The molecule has 0 N–H and O–H groups in total. The Kier molecular flexibility index (Phi) is 4.94. The van der Waals surface area contributed by atoms with Crippen LogP contribution in [0.25, 0.3) is 0 Å². The number of Topliss-reactive ketones (excluding diaryl/α,β-unsaturated/α-hetero) is 1. The number of benzene rings is 2. The Morgan fingerprint density at radius 3 is 2.32 bits per heavy atom. The second-order valence-electron chi connectivity index (χ2n) is 4.96. The average molecular weight is 298 g/mol. The minimum atomic E-state index is -0.845. The molecule has 2 aromatic carbocycles. The van der Waals surface area contributed by atoms with Crippen molar-refractivity contribution in [3.05, 3.63) is 65.2 Å². The summed E-state index contributed by atoms with van der Waals surface area (Å²) in [6.45, 7) is 3.45. The lowest BCUT2D eigenvalue weighted by Gasteiger charge is -2.13. The molecule has 0 aliphatic carbocycles. The molecule has 2 aromatic rings. The summed E-state index contributed by atoms with van der Waals surface area (Å²) >= 11 is 0. The molecule has 1 atom stereocenters. The Bertz CT molecular complexity index is 677. The van der Waals surface area contributed by atoms with Gasteiger partial charge in [0.25, 0.3) is 0 Å². The Labute approximate surface area is 129 Å². The lowest BCUT2D eigenvalue weighted by atomic mass is 10.1. The third-order valence-corrected chi connectivity index (χ3v) is 3.36. The van der Waals surface area contributed by atoms with Gasteiger partial charge in [-0.2, -0.15) is 0 Å². The minimum absolute atomic E-state index is 0.229. The molecule has 0 radical (unpaired) electrons. The third kappa shape index (κ3) is 3.52. The second kappa shape index (κ2) is 6.89. The number of esters is 1. The van der Waals surface area contributed by atoms with Crippen molar-refractivity contribution in [2.75, 3.05) is 7.11 Å². The first-order chi connectivity index (χ1) is 10.5. The van der Waals surface area contributed by atoms with Crippen molar-refractivity contribution in [1.82, 2.24) is 0 Å². The van der Waals surface area contributed by atoms with Gasteiger partial charge in [0.1, 0.15) is 5.75 Å². The monoisotopic (exact) mass is 298 g/mol. The van der Waals surface area contributed by atoms with Crippen molar-refractivity contribution in [1.29, 1.82) is 0 Å². The van der Waals surface area contributed by atoms with Gasteiger partial charge >= 0.3 is 5.97 Å². The number of rotatable bonds is 5. The number of carbonyl (C=O) groups is 2. The zero-order valence-corrected chi connectivity index (χ0v) is 12.8. The molecular formula is C18H18O4. The normalized spacial score (nSPS) is 11.6. The Morgan fingerprint density at radius 1 is 1.00 bits per heavy atom. The topological polar surface area (TPSA) is 52.6 Å². The summed E-state index contributed by atoms with van der Waals surface area (Å²) in [5, 5.41) is 0. The van der Waals surface area contributed by atoms with Gasteiger partial charge in [-0.05, 0) is 31.5 Å². The van der Waals surface area contributed by atoms with Crippen LogP contribution in [0.3, 0.4) is 0 Å². The minimum Gasteiger partial charge on any atom is -0.496 e. The molecule has 0 aromatic heterocycles. The zero-order valence-electron chi connectivity index (χ0n) is 12.8. The van der Waals surface area contributed by atoms with E-state index in [1.54, 1.807) is 56.5 Å². The van der Waals surface area contributed by atoms with Crippen LogP contribution < -0.4 is 4.74 Å². The first kappa shape index (κ1) is 15.8. The predicted molar refractivity (Wildman–Crippen MR) is 83.4 cm³/mol. The number of ketones is 1. The molecule has 0 bridgehead atoms. The molecule has 0 aliphatic heterocycles. The summed E-state index contributed by atoms with van der Waals surface area (Å²) in [5.41, 5.74) is 1.80. The van der Waals surface area contributed by atoms with Crippen LogP contribution in [0.5, 0.6) is 5.75 Å². The number of aryl methyl sites for hydroxylation is 1. The van der Waals surface area contributed by atoms with Gasteiger partial charge in [-0.25, -0.2) is 4.79 Å². The van der Waals surface area contributed by atoms with E-state index in [1.807, 2.05) is 13.0 Å². The van der Waals surface area contributed by atoms with Crippen LogP contribution in [-0.4, -0.2) is 25.0 Å². The summed E-state index contributed by atoms with van der Waals surface area (Å²) in [6, 6.07) is 13.8. The van der Waals surface area contributed by atoms with Crippen LogP contribution in [0.2, 0.25) is 0 Å². The van der Waals surface area contributed by atoms with Crippen molar-refractivity contribution in [3.8, 4) is 5.75 Å². The van der Waals surface area contributed by atoms with E-state index < -0.39 is 12.1 Å². The average Bonchev–Trinajstić information content (AvgIpc) is 2.55. The number of hydrogen-bond acceptors (Lipinski definition) is 4. The summed E-state index contributed by atoms with van der Waals surface area (Å²) in [7, 11) is 1.54. The van der Waals surface area contributed by atoms with Crippen LogP contribution in [0.1, 0.15) is 33.2 Å². The molecule has 0 fully saturated rings. The fourth-order valence-electron chi connectivity index (χ4n) is 2.07. The second-order valence-corrected chi connectivity index (χ2v) is 4.96. The highest BCUT2D eigenvalue weighted by molar-refractivity contribution is 6.01. The van der Waals surface area contributed by atoms with Crippen LogP contribution in [-0.2, 0) is 4.74 Å². The van der Waals surface area contributed by atoms with Crippen molar-refractivity contribution >= 4 is 11.8 Å². The van der Waals surface area contributed by atoms with Gasteiger partial charge in [0, 0.05) is 5.56 Å². The van der Waals surface area contributed by atoms with E-state index in [9.17, 15) is 9.59 Å². The highest BCUT2D eigenvalue weighted by Gasteiger charge is 2.20. The summed E-state index contributed by atoms with van der Waals surface area (Å²) in [5.74, 6) is -0.167. The van der Waals surface area contributed by atoms with Crippen molar-refractivity contribution in [3.63, 3.8) is 0 Å². The van der Waals surface area contributed by atoms with Gasteiger partial charge in [-0.15, -0.1) is 0 Å². The standard InChI is InChI=1S/C18H18O4/c1-12-9-10-15(11-16(12)21-3)18(20)22-13(2)17(19)14-7-5-4-6-8-14/h4-11,13H,1-3H3/t13-/m0/s1. The zero-order chi connectivity index (χ0) is 16.1. The molecular weight excluding hydrogens is 280 g/mol. The first-order valence-electron chi connectivity index (χ1n) is 6.98. The van der Waals surface area contributed by atoms with Gasteiger partial charge < -0.3 is 9.47 Å².